The van der Waals surface area contributed by atoms with E-state index in [1.54, 1.807) is 0 Å². The minimum Gasteiger partial charge on any atom is -0.459 e. The van der Waals surface area contributed by atoms with Gasteiger partial charge in [0.1, 0.15) is 11.3 Å². The number of hydrogen-bond donors (Lipinski definition) is 1. The molecule has 1 fully saturated rings. The molecule has 1 heterocycles. The van der Waals surface area contributed by atoms with Crippen LogP contribution in [0.2, 0.25) is 0 Å². The van der Waals surface area contributed by atoms with Gasteiger partial charge in [0.2, 0.25) is 0 Å². The van der Waals surface area contributed by atoms with Gasteiger partial charge in [0.05, 0.1) is 6.04 Å². The van der Waals surface area contributed by atoms with Crippen LogP contribution in [-0.2, 0) is 0 Å². The van der Waals surface area contributed by atoms with Crippen molar-refractivity contribution in [1.29, 1.82) is 0 Å². The lowest BCUT2D eigenvalue weighted by Gasteiger charge is -2.06. The van der Waals surface area contributed by atoms with Crippen molar-refractivity contribution in [2.24, 2.45) is 11.7 Å². The van der Waals surface area contributed by atoms with Crippen LogP contribution in [-0.4, -0.2) is 0 Å². The first-order valence-electron chi connectivity index (χ1n) is 5.67. The number of fused-ring (bicyclic) bond motifs is 1. The molecule has 0 aliphatic heterocycles. The first-order chi connectivity index (χ1) is 7.72. The van der Waals surface area contributed by atoms with Crippen LogP contribution in [0.3, 0.4) is 0 Å². The van der Waals surface area contributed by atoms with Gasteiger partial charge in [-0.25, -0.2) is 0 Å². The summed E-state index contributed by atoms with van der Waals surface area (Å²) in [4.78, 5) is 0. The Hall–Kier alpha value is -0.800. The van der Waals surface area contributed by atoms with E-state index in [0.29, 0.717) is 0 Å². The van der Waals surface area contributed by atoms with Crippen LogP contribution in [0.1, 0.15) is 31.1 Å². The zero-order valence-electron chi connectivity index (χ0n) is 8.95. The molecule has 16 heavy (non-hydrogen) atoms. The number of rotatable bonds is 3. The van der Waals surface area contributed by atoms with Gasteiger partial charge in [0, 0.05) is 9.86 Å². The number of halogens is 1. The van der Waals surface area contributed by atoms with E-state index in [0.717, 1.165) is 33.5 Å². The smallest absolute Gasteiger partial charge is 0.135 e. The Morgan fingerprint density at radius 1 is 1.38 bits per heavy atom. The summed E-state index contributed by atoms with van der Waals surface area (Å²) in [6.45, 7) is 0. The van der Waals surface area contributed by atoms with E-state index < -0.39 is 0 Å². The molecule has 1 saturated carbocycles. The number of benzene rings is 1. The highest BCUT2D eigenvalue weighted by Gasteiger charge is 2.25. The third-order valence-electron chi connectivity index (χ3n) is 3.15. The van der Waals surface area contributed by atoms with Gasteiger partial charge in [-0.2, -0.15) is 0 Å². The van der Waals surface area contributed by atoms with Crippen molar-refractivity contribution in [3.63, 3.8) is 0 Å². The largest absolute Gasteiger partial charge is 0.459 e. The van der Waals surface area contributed by atoms with Crippen molar-refractivity contribution in [1.82, 2.24) is 0 Å². The molecule has 0 radical (unpaired) electrons. The van der Waals surface area contributed by atoms with E-state index in [1.807, 2.05) is 12.1 Å². The molecule has 1 aromatic heterocycles. The average Bonchev–Trinajstić information content (AvgIpc) is 2.95. The fourth-order valence-corrected chi connectivity index (χ4v) is 2.38. The maximum atomic E-state index is 6.13. The van der Waals surface area contributed by atoms with Crippen LogP contribution in [0.25, 0.3) is 11.0 Å². The summed E-state index contributed by atoms with van der Waals surface area (Å²) in [5.41, 5.74) is 7.04. The summed E-state index contributed by atoms with van der Waals surface area (Å²) in [5.74, 6) is 1.75. The third kappa shape index (κ3) is 2.02. The highest BCUT2D eigenvalue weighted by atomic mass is 79.9. The predicted octanol–water partition coefficient (Wildman–Crippen LogP) is 4.00. The van der Waals surface area contributed by atoms with Crippen molar-refractivity contribution in [3.05, 3.63) is 34.5 Å². The minimum atomic E-state index is 0.0543. The van der Waals surface area contributed by atoms with Crippen molar-refractivity contribution in [2.45, 2.75) is 25.3 Å². The number of nitrogens with two attached hydrogens (primary N) is 1. The van der Waals surface area contributed by atoms with Crippen molar-refractivity contribution < 1.29 is 4.42 Å². The summed E-state index contributed by atoms with van der Waals surface area (Å²) < 4.78 is 6.82. The predicted molar refractivity (Wildman–Crippen MR) is 68.2 cm³/mol. The van der Waals surface area contributed by atoms with Crippen LogP contribution < -0.4 is 5.73 Å². The lowest BCUT2D eigenvalue weighted by atomic mass is 10.1. The van der Waals surface area contributed by atoms with Gasteiger partial charge in [-0.3, -0.25) is 0 Å². The lowest BCUT2D eigenvalue weighted by Crippen LogP contribution is -2.09. The molecular formula is C13H14BrNO. The maximum absolute atomic E-state index is 6.13. The first-order valence-corrected chi connectivity index (χ1v) is 6.46. The van der Waals surface area contributed by atoms with Crippen molar-refractivity contribution >= 4 is 26.9 Å². The Morgan fingerprint density at radius 2 is 2.19 bits per heavy atom. The van der Waals surface area contributed by atoms with Gasteiger partial charge in [0.25, 0.3) is 0 Å². The topological polar surface area (TPSA) is 39.2 Å². The second kappa shape index (κ2) is 3.90. The second-order valence-electron chi connectivity index (χ2n) is 4.62. The third-order valence-corrected chi connectivity index (χ3v) is 3.64. The molecule has 2 N–H and O–H groups in total. The van der Waals surface area contributed by atoms with Crippen LogP contribution in [0.5, 0.6) is 0 Å². The van der Waals surface area contributed by atoms with Gasteiger partial charge in [0.15, 0.2) is 0 Å². The molecule has 3 heteroatoms. The van der Waals surface area contributed by atoms with E-state index in [4.69, 9.17) is 10.2 Å². The highest BCUT2D eigenvalue weighted by molar-refractivity contribution is 9.10. The summed E-state index contributed by atoms with van der Waals surface area (Å²) in [7, 11) is 0. The van der Waals surface area contributed by atoms with Gasteiger partial charge >= 0.3 is 0 Å². The quantitative estimate of drug-likeness (QED) is 0.923. The highest BCUT2D eigenvalue weighted by Crippen LogP contribution is 2.37. The molecule has 0 amide bonds. The Kier molecular flexibility index (Phi) is 2.52. The fraction of sp³-hybridized carbons (Fsp3) is 0.385. The second-order valence-corrected chi connectivity index (χ2v) is 5.53. The molecule has 1 atom stereocenters. The molecule has 84 valence electrons. The van der Waals surface area contributed by atoms with Crippen molar-refractivity contribution in [2.75, 3.05) is 0 Å². The van der Waals surface area contributed by atoms with Crippen LogP contribution in [0.4, 0.5) is 0 Å². The monoisotopic (exact) mass is 279 g/mol. The Morgan fingerprint density at radius 3 is 2.94 bits per heavy atom. The Labute approximate surface area is 103 Å². The van der Waals surface area contributed by atoms with Gasteiger partial charge in [-0.15, -0.1) is 0 Å². The van der Waals surface area contributed by atoms with Gasteiger partial charge < -0.3 is 10.2 Å². The normalized spacial score (nSPS) is 17.9. The van der Waals surface area contributed by atoms with E-state index in [2.05, 4.69) is 28.1 Å². The van der Waals surface area contributed by atoms with Crippen LogP contribution >= 0.6 is 15.9 Å². The average molecular weight is 280 g/mol. The lowest BCUT2D eigenvalue weighted by molar-refractivity contribution is 0.463. The van der Waals surface area contributed by atoms with E-state index >= 15 is 0 Å². The van der Waals surface area contributed by atoms with Crippen LogP contribution in [0, 0.1) is 5.92 Å². The minimum absolute atomic E-state index is 0.0543. The summed E-state index contributed by atoms with van der Waals surface area (Å²) in [6.07, 6.45) is 3.72. The molecule has 2 nitrogen and oxygen atoms in total. The zero-order chi connectivity index (χ0) is 11.1. The number of furan rings is 1. The zero-order valence-corrected chi connectivity index (χ0v) is 10.5. The van der Waals surface area contributed by atoms with Gasteiger partial charge in [-0.1, -0.05) is 28.8 Å². The van der Waals surface area contributed by atoms with E-state index in [1.165, 1.54) is 12.8 Å². The summed E-state index contributed by atoms with van der Waals surface area (Å²) >= 11 is 3.44. The molecule has 0 unspecified atom stereocenters. The Balaban J connectivity index is 1.91. The maximum Gasteiger partial charge on any atom is 0.135 e. The molecule has 3 rings (SSSR count). The number of hydrogen-bond acceptors (Lipinski definition) is 2. The fourth-order valence-electron chi connectivity index (χ4n) is 2.04. The molecular weight excluding hydrogens is 266 g/mol. The molecule has 1 aliphatic carbocycles. The SMILES string of the molecule is N[C@@H](CC1CC1)c1cc2ccc(Br)cc2o1. The Bertz CT molecular complexity index is 516. The standard InChI is InChI=1S/C13H14BrNO/c14-10-4-3-9-6-13(16-12(9)7-10)11(15)5-8-1-2-8/h3-4,6-8,11H,1-2,5,15H2/t11-/m0/s1. The van der Waals surface area contributed by atoms with Crippen molar-refractivity contribution in [3.8, 4) is 0 Å². The van der Waals surface area contributed by atoms with Gasteiger partial charge in [-0.05, 0) is 36.6 Å². The summed E-state index contributed by atoms with van der Waals surface area (Å²) in [5, 5.41) is 1.13. The first kappa shape index (κ1) is 10.4. The molecule has 2 aromatic rings. The molecule has 1 aromatic carbocycles. The van der Waals surface area contributed by atoms with Crippen LogP contribution in [0.15, 0.2) is 33.2 Å². The molecule has 1 aliphatic rings. The van der Waals surface area contributed by atoms with E-state index in [9.17, 15) is 0 Å². The molecule has 0 saturated heterocycles. The summed E-state index contributed by atoms with van der Waals surface area (Å²) in [6, 6.07) is 8.18. The molecule has 0 bridgehead atoms. The molecule has 0 spiro atoms. The van der Waals surface area contributed by atoms with E-state index in [-0.39, 0.29) is 6.04 Å².